The maximum atomic E-state index is 13.7. The number of hydrogen-bond donors (Lipinski definition) is 2. The Kier molecular flexibility index (Phi) is 11.4. The summed E-state index contributed by atoms with van der Waals surface area (Å²) in [5.74, 6) is -4.16. The summed E-state index contributed by atoms with van der Waals surface area (Å²) in [5, 5.41) is 3.84. The van der Waals surface area contributed by atoms with Gasteiger partial charge in [0.2, 0.25) is 17.6 Å². The summed E-state index contributed by atoms with van der Waals surface area (Å²) in [6.45, 7) is 3.24. The molecule has 1 aliphatic rings. The average Bonchev–Trinajstić information content (AvgIpc) is 2.95. The molecule has 1 saturated heterocycles. The number of nitrogens with one attached hydrogen (secondary N) is 2. The molecular weight excluding hydrogens is 534 g/mol. The van der Waals surface area contributed by atoms with Gasteiger partial charge in [-0.1, -0.05) is 67.6 Å². The first kappa shape index (κ1) is 31.0. The van der Waals surface area contributed by atoms with E-state index in [-0.39, 0.29) is 25.3 Å². The minimum absolute atomic E-state index is 0.107. The van der Waals surface area contributed by atoms with Gasteiger partial charge in [0.05, 0.1) is 30.4 Å². The van der Waals surface area contributed by atoms with Crippen molar-refractivity contribution in [2.45, 2.75) is 37.5 Å². The first-order chi connectivity index (χ1) is 19.1. The molecule has 2 N–H and O–H groups in total. The summed E-state index contributed by atoms with van der Waals surface area (Å²) in [6, 6.07) is 16.5. The van der Waals surface area contributed by atoms with Gasteiger partial charge in [0.25, 0.3) is 5.91 Å². The fourth-order valence-corrected chi connectivity index (χ4v) is 6.20. The molecule has 0 saturated carbocycles. The first-order valence-electron chi connectivity index (χ1n) is 13.4. The van der Waals surface area contributed by atoms with Gasteiger partial charge in [-0.05, 0) is 24.0 Å². The third-order valence-corrected chi connectivity index (χ3v) is 8.38. The minimum atomic E-state index is -3.88. The van der Waals surface area contributed by atoms with Crippen molar-refractivity contribution >= 4 is 33.3 Å². The van der Waals surface area contributed by atoms with Gasteiger partial charge in [-0.2, -0.15) is 0 Å². The predicted octanol–water partition coefficient (Wildman–Crippen LogP) is 1.46. The Hall–Kier alpha value is -3.57. The molecule has 2 aromatic rings. The molecule has 1 heterocycles. The molecule has 2 aromatic carbocycles. The van der Waals surface area contributed by atoms with Crippen LogP contribution in [0.2, 0.25) is 0 Å². The molecule has 2 unspecified atom stereocenters. The first-order valence-corrected chi connectivity index (χ1v) is 15.3. The Morgan fingerprint density at radius 1 is 0.950 bits per heavy atom. The lowest BCUT2D eigenvalue weighted by atomic mass is 9.93. The SMILES string of the molecule is CCC(NC(=O)C(CC(=O)N1CCOCC1)[C@@H](c1ccccc1)S(C)(=O)=O)C(=O)C(=O)NCCc1ccccc1. The lowest BCUT2D eigenvalue weighted by molar-refractivity contribution is -0.142. The number of carbonyl (C=O) groups is 4. The summed E-state index contributed by atoms with van der Waals surface area (Å²) in [4.78, 5) is 53.9. The molecule has 3 rings (SSSR count). The van der Waals surface area contributed by atoms with Crippen LogP contribution in [0, 0.1) is 5.92 Å². The minimum Gasteiger partial charge on any atom is -0.378 e. The van der Waals surface area contributed by atoms with Crippen molar-refractivity contribution in [1.29, 1.82) is 0 Å². The van der Waals surface area contributed by atoms with Crippen LogP contribution in [0.3, 0.4) is 0 Å². The highest BCUT2D eigenvalue weighted by Gasteiger charge is 2.40. The molecule has 216 valence electrons. The number of hydrogen-bond acceptors (Lipinski definition) is 7. The normalized spacial score (nSPS) is 15.9. The van der Waals surface area contributed by atoms with Gasteiger partial charge >= 0.3 is 0 Å². The number of nitrogens with zero attached hydrogens (tertiary/aromatic N) is 1. The summed E-state index contributed by atoms with van der Waals surface area (Å²) in [5.41, 5.74) is 1.36. The second-order valence-corrected chi connectivity index (χ2v) is 12.0. The standard InChI is InChI=1S/C29H37N3O7S/c1-3-24(26(34)29(36)30-15-14-21-10-6-4-7-11-21)31-28(35)23(20-25(33)32-16-18-39-19-17-32)27(40(2,37)38)22-12-8-5-9-13-22/h4-13,23-24,27H,3,14-20H2,1-2H3,(H,30,36)(H,31,35)/t23?,24?,27-/m1/s1. The van der Waals surface area contributed by atoms with Crippen LogP contribution >= 0.6 is 0 Å². The van der Waals surface area contributed by atoms with E-state index in [0.29, 0.717) is 38.3 Å². The zero-order valence-corrected chi connectivity index (χ0v) is 23.7. The third-order valence-electron chi connectivity index (χ3n) is 6.86. The third kappa shape index (κ3) is 8.72. The van der Waals surface area contributed by atoms with Gasteiger partial charge in [0.15, 0.2) is 9.84 Å². The average molecular weight is 572 g/mol. The van der Waals surface area contributed by atoms with Crippen LogP contribution in [0.4, 0.5) is 0 Å². The second-order valence-electron chi connectivity index (χ2n) is 9.79. The number of carbonyl (C=O) groups excluding carboxylic acids is 4. The van der Waals surface area contributed by atoms with E-state index in [4.69, 9.17) is 4.74 Å². The maximum Gasteiger partial charge on any atom is 0.289 e. The molecule has 0 aliphatic carbocycles. The van der Waals surface area contributed by atoms with E-state index in [1.165, 1.54) is 4.90 Å². The number of rotatable bonds is 13. The lowest BCUT2D eigenvalue weighted by Gasteiger charge is -2.31. The highest BCUT2D eigenvalue weighted by Crippen LogP contribution is 2.33. The predicted molar refractivity (Wildman–Crippen MR) is 150 cm³/mol. The molecule has 3 atom stereocenters. The number of ether oxygens (including phenoxy) is 1. The van der Waals surface area contributed by atoms with E-state index in [2.05, 4.69) is 10.6 Å². The van der Waals surface area contributed by atoms with Crippen molar-refractivity contribution in [2.75, 3.05) is 39.1 Å². The van der Waals surface area contributed by atoms with Crippen molar-refractivity contribution < 1.29 is 32.3 Å². The molecular formula is C29H37N3O7S. The Balaban J connectivity index is 1.78. The monoisotopic (exact) mass is 571 g/mol. The topological polar surface area (TPSA) is 139 Å². The van der Waals surface area contributed by atoms with Gasteiger partial charge < -0.3 is 20.3 Å². The molecule has 0 radical (unpaired) electrons. The van der Waals surface area contributed by atoms with Crippen LogP contribution in [-0.4, -0.2) is 82.0 Å². The fraction of sp³-hybridized carbons (Fsp3) is 0.448. The largest absolute Gasteiger partial charge is 0.378 e. The van der Waals surface area contributed by atoms with Crippen LogP contribution in [-0.2, 0) is 40.2 Å². The molecule has 0 aromatic heterocycles. The molecule has 0 bridgehead atoms. The Labute approximate surface area is 235 Å². The van der Waals surface area contributed by atoms with Gasteiger partial charge in [-0.15, -0.1) is 0 Å². The number of amides is 3. The fourth-order valence-electron chi connectivity index (χ4n) is 4.73. The number of Topliss-reactive ketones (excluding diaryl/α,β-unsaturated/α-hetero) is 1. The zero-order valence-electron chi connectivity index (χ0n) is 22.9. The molecule has 40 heavy (non-hydrogen) atoms. The lowest BCUT2D eigenvalue weighted by Crippen LogP contribution is -2.51. The highest BCUT2D eigenvalue weighted by atomic mass is 32.2. The maximum absolute atomic E-state index is 13.7. The zero-order chi connectivity index (χ0) is 29.1. The highest BCUT2D eigenvalue weighted by molar-refractivity contribution is 7.91. The number of ketones is 1. The van der Waals surface area contributed by atoms with Crippen LogP contribution < -0.4 is 10.6 Å². The van der Waals surface area contributed by atoms with Crippen LogP contribution in [0.15, 0.2) is 60.7 Å². The Morgan fingerprint density at radius 2 is 1.55 bits per heavy atom. The van der Waals surface area contributed by atoms with Gasteiger partial charge in [0, 0.05) is 32.3 Å². The van der Waals surface area contributed by atoms with Crippen LogP contribution in [0.1, 0.15) is 36.1 Å². The number of morpholine rings is 1. The van der Waals surface area contributed by atoms with E-state index < -0.39 is 44.6 Å². The molecule has 1 aliphatic heterocycles. The smallest absolute Gasteiger partial charge is 0.289 e. The van der Waals surface area contributed by atoms with Crippen molar-refractivity contribution in [3.05, 3.63) is 71.8 Å². The molecule has 0 spiro atoms. The Bertz CT molecular complexity index is 1260. The van der Waals surface area contributed by atoms with Crippen LogP contribution in [0.25, 0.3) is 0 Å². The molecule has 1 fully saturated rings. The molecule has 11 heteroatoms. The summed E-state index contributed by atoms with van der Waals surface area (Å²) in [6.07, 6.45) is 1.27. The summed E-state index contributed by atoms with van der Waals surface area (Å²) < 4.78 is 31.3. The van der Waals surface area contributed by atoms with Crippen molar-refractivity contribution in [3.8, 4) is 0 Å². The van der Waals surface area contributed by atoms with Crippen molar-refractivity contribution in [2.24, 2.45) is 5.92 Å². The quantitative estimate of drug-likeness (QED) is 0.347. The van der Waals surface area contributed by atoms with E-state index in [1.807, 2.05) is 30.3 Å². The van der Waals surface area contributed by atoms with E-state index in [9.17, 15) is 27.6 Å². The second kappa shape index (κ2) is 14.7. The van der Waals surface area contributed by atoms with Gasteiger partial charge in [0.1, 0.15) is 0 Å². The van der Waals surface area contributed by atoms with Gasteiger partial charge in [-0.25, -0.2) is 8.42 Å². The van der Waals surface area contributed by atoms with Crippen molar-refractivity contribution in [1.82, 2.24) is 15.5 Å². The van der Waals surface area contributed by atoms with Crippen LogP contribution in [0.5, 0.6) is 0 Å². The van der Waals surface area contributed by atoms with E-state index in [0.717, 1.165) is 11.8 Å². The van der Waals surface area contributed by atoms with Gasteiger partial charge in [-0.3, -0.25) is 19.2 Å². The summed E-state index contributed by atoms with van der Waals surface area (Å²) in [7, 11) is -3.88. The summed E-state index contributed by atoms with van der Waals surface area (Å²) >= 11 is 0. The number of benzene rings is 2. The van der Waals surface area contributed by atoms with E-state index >= 15 is 0 Å². The number of sulfone groups is 1. The molecule has 3 amide bonds. The van der Waals surface area contributed by atoms with E-state index in [1.54, 1.807) is 37.3 Å². The Morgan fingerprint density at radius 3 is 2.12 bits per heavy atom. The molecule has 10 nitrogen and oxygen atoms in total. The van der Waals surface area contributed by atoms with Crippen molar-refractivity contribution in [3.63, 3.8) is 0 Å².